The van der Waals surface area contributed by atoms with Crippen LogP contribution in [0.3, 0.4) is 0 Å². The number of rotatable bonds is 3. The van der Waals surface area contributed by atoms with Gasteiger partial charge in [0.25, 0.3) is 0 Å². The van der Waals surface area contributed by atoms with Crippen molar-refractivity contribution in [1.82, 2.24) is 4.98 Å². The Bertz CT molecular complexity index is 795. The van der Waals surface area contributed by atoms with Gasteiger partial charge >= 0.3 is 5.97 Å². The molecule has 3 aromatic rings. The highest BCUT2D eigenvalue weighted by Gasteiger charge is 2.11. The van der Waals surface area contributed by atoms with E-state index in [1.807, 2.05) is 0 Å². The van der Waals surface area contributed by atoms with Crippen molar-refractivity contribution in [1.29, 1.82) is 0 Å². The van der Waals surface area contributed by atoms with Crippen molar-refractivity contribution >= 4 is 16.9 Å². The molecule has 3 rings (SSSR count). The number of halogens is 1. The van der Waals surface area contributed by atoms with E-state index in [2.05, 4.69) is 4.98 Å². The fraction of sp³-hybridized carbons (Fsp3) is 0. The number of benzene rings is 2. The molecule has 0 amide bonds. The third kappa shape index (κ3) is 2.21. The Morgan fingerprint density at radius 1 is 1.15 bits per heavy atom. The molecule has 0 saturated heterocycles. The molecule has 1 heterocycles. The van der Waals surface area contributed by atoms with E-state index in [-0.39, 0.29) is 5.69 Å². The van der Waals surface area contributed by atoms with Crippen molar-refractivity contribution < 1.29 is 19.0 Å². The number of aromatic carboxylic acids is 1. The molecule has 2 aromatic carbocycles. The third-order valence-electron chi connectivity index (χ3n) is 2.88. The Labute approximate surface area is 113 Å². The minimum absolute atomic E-state index is 0.0790. The van der Waals surface area contributed by atoms with E-state index in [0.717, 1.165) is 0 Å². The summed E-state index contributed by atoms with van der Waals surface area (Å²) in [4.78, 5) is 13.7. The molecule has 4 nitrogen and oxygen atoms in total. The standard InChI is InChI=1S/C15H10FNO3/c16-9-3-1-4-10(7-9)20-14-6-2-5-12-11(14)8-13(17-12)15(18)19/h1-8,17H,(H,18,19). The number of carbonyl (C=O) groups is 1. The zero-order valence-electron chi connectivity index (χ0n) is 10.3. The van der Waals surface area contributed by atoms with Crippen molar-refractivity contribution in [3.8, 4) is 11.5 Å². The summed E-state index contributed by atoms with van der Waals surface area (Å²) in [6.07, 6.45) is 0. The van der Waals surface area contributed by atoms with Crippen LogP contribution in [0.1, 0.15) is 10.5 Å². The lowest BCUT2D eigenvalue weighted by molar-refractivity contribution is 0.0691. The number of aromatic amines is 1. The quantitative estimate of drug-likeness (QED) is 0.761. The zero-order chi connectivity index (χ0) is 14.1. The molecular weight excluding hydrogens is 261 g/mol. The van der Waals surface area contributed by atoms with E-state index < -0.39 is 11.8 Å². The van der Waals surface area contributed by atoms with E-state index >= 15 is 0 Å². The number of H-pyrrole nitrogens is 1. The van der Waals surface area contributed by atoms with Gasteiger partial charge < -0.3 is 14.8 Å². The van der Waals surface area contributed by atoms with Crippen LogP contribution in [0.25, 0.3) is 10.9 Å². The van der Waals surface area contributed by atoms with Gasteiger partial charge in [-0.15, -0.1) is 0 Å². The maximum atomic E-state index is 13.1. The van der Waals surface area contributed by atoms with Gasteiger partial charge in [0, 0.05) is 17.0 Å². The Kier molecular flexibility index (Phi) is 2.87. The van der Waals surface area contributed by atoms with Crippen LogP contribution in [0.2, 0.25) is 0 Å². The Morgan fingerprint density at radius 2 is 1.95 bits per heavy atom. The van der Waals surface area contributed by atoms with Crippen LogP contribution in [-0.2, 0) is 0 Å². The molecule has 1 aromatic heterocycles. The van der Waals surface area contributed by atoms with Crippen molar-refractivity contribution in [2.24, 2.45) is 0 Å². The highest BCUT2D eigenvalue weighted by atomic mass is 19.1. The summed E-state index contributed by atoms with van der Waals surface area (Å²) < 4.78 is 18.7. The summed E-state index contributed by atoms with van der Waals surface area (Å²) in [6, 6.07) is 12.4. The molecule has 0 spiro atoms. The van der Waals surface area contributed by atoms with Gasteiger partial charge in [0.2, 0.25) is 0 Å². The molecule has 2 N–H and O–H groups in total. The van der Waals surface area contributed by atoms with E-state index in [9.17, 15) is 9.18 Å². The van der Waals surface area contributed by atoms with Crippen molar-refractivity contribution in [3.05, 3.63) is 60.0 Å². The zero-order valence-corrected chi connectivity index (χ0v) is 10.3. The first kappa shape index (κ1) is 12.2. The highest BCUT2D eigenvalue weighted by molar-refractivity contribution is 5.96. The summed E-state index contributed by atoms with van der Waals surface area (Å²) in [5.41, 5.74) is 0.728. The second-order valence-electron chi connectivity index (χ2n) is 4.26. The van der Waals surface area contributed by atoms with Crippen LogP contribution >= 0.6 is 0 Å². The minimum atomic E-state index is -1.04. The SMILES string of the molecule is O=C(O)c1cc2c(Oc3cccc(F)c3)cccc2[nH]1. The number of carboxylic acids is 1. The maximum Gasteiger partial charge on any atom is 0.352 e. The monoisotopic (exact) mass is 271 g/mol. The van der Waals surface area contributed by atoms with Crippen LogP contribution in [0.4, 0.5) is 4.39 Å². The Hall–Kier alpha value is -2.82. The van der Waals surface area contributed by atoms with Crippen LogP contribution in [-0.4, -0.2) is 16.1 Å². The second-order valence-corrected chi connectivity index (χ2v) is 4.26. The van der Waals surface area contributed by atoms with E-state index in [0.29, 0.717) is 22.4 Å². The normalized spacial score (nSPS) is 10.7. The molecule has 0 atom stereocenters. The van der Waals surface area contributed by atoms with Gasteiger partial charge in [0.1, 0.15) is 23.0 Å². The second kappa shape index (κ2) is 4.70. The molecule has 0 fully saturated rings. The largest absolute Gasteiger partial charge is 0.477 e. The van der Waals surface area contributed by atoms with Crippen molar-refractivity contribution in [2.45, 2.75) is 0 Å². The van der Waals surface area contributed by atoms with Crippen LogP contribution < -0.4 is 4.74 Å². The summed E-state index contributed by atoms with van der Waals surface area (Å²) in [6.45, 7) is 0. The van der Waals surface area contributed by atoms with Crippen LogP contribution in [0.15, 0.2) is 48.5 Å². The smallest absolute Gasteiger partial charge is 0.352 e. The average Bonchev–Trinajstić information content (AvgIpc) is 2.84. The maximum absolute atomic E-state index is 13.1. The molecule has 0 aliphatic carbocycles. The van der Waals surface area contributed by atoms with Crippen molar-refractivity contribution in [3.63, 3.8) is 0 Å². The lowest BCUT2D eigenvalue weighted by atomic mass is 10.2. The molecule has 5 heteroatoms. The summed E-state index contributed by atoms with van der Waals surface area (Å²) in [5.74, 6) is -0.611. The number of nitrogens with one attached hydrogen (secondary N) is 1. The predicted molar refractivity (Wildman–Crippen MR) is 71.7 cm³/mol. The molecule has 20 heavy (non-hydrogen) atoms. The van der Waals surface area contributed by atoms with Gasteiger partial charge in [-0.1, -0.05) is 12.1 Å². The van der Waals surface area contributed by atoms with Gasteiger partial charge in [-0.25, -0.2) is 9.18 Å². The van der Waals surface area contributed by atoms with Crippen LogP contribution in [0, 0.1) is 5.82 Å². The number of ether oxygens (including phenoxy) is 1. The van der Waals surface area contributed by atoms with E-state index in [1.165, 1.54) is 18.2 Å². The average molecular weight is 271 g/mol. The van der Waals surface area contributed by atoms with E-state index in [1.54, 1.807) is 30.3 Å². The topological polar surface area (TPSA) is 62.3 Å². The number of fused-ring (bicyclic) bond motifs is 1. The number of hydrogen-bond acceptors (Lipinski definition) is 2. The van der Waals surface area contributed by atoms with E-state index in [4.69, 9.17) is 9.84 Å². The van der Waals surface area contributed by atoms with Gasteiger partial charge in [0.15, 0.2) is 0 Å². The number of aromatic nitrogens is 1. The summed E-state index contributed by atoms with van der Waals surface area (Å²) >= 11 is 0. The molecule has 0 unspecified atom stereocenters. The lowest BCUT2D eigenvalue weighted by Gasteiger charge is -2.06. The van der Waals surface area contributed by atoms with Gasteiger partial charge in [-0.3, -0.25) is 0 Å². The molecule has 0 radical (unpaired) electrons. The Balaban J connectivity index is 2.05. The van der Waals surface area contributed by atoms with Crippen molar-refractivity contribution in [2.75, 3.05) is 0 Å². The molecule has 0 saturated carbocycles. The molecule has 0 bridgehead atoms. The summed E-state index contributed by atoms with van der Waals surface area (Å²) in [5, 5.41) is 9.61. The first-order valence-electron chi connectivity index (χ1n) is 5.92. The van der Waals surface area contributed by atoms with Gasteiger partial charge in [-0.2, -0.15) is 0 Å². The highest BCUT2D eigenvalue weighted by Crippen LogP contribution is 2.30. The van der Waals surface area contributed by atoms with Crippen LogP contribution in [0.5, 0.6) is 11.5 Å². The first-order chi connectivity index (χ1) is 9.63. The van der Waals surface area contributed by atoms with Gasteiger partial charge in [0.05, 0.1) is 0 Å². The summed E-state index contributed by atoms with van der Waals surface area (Å²) in [7, 11) is 0. The first-order valence-corrected chi connectivity index (χ1v) is 5.92. The molecule has 0 aliphatic rings. The fourth-order valence-electron chi connectivity index (χ4n) is 1.99. The molecule has 100 valence electrons. The van der Waals surface area contributed by atoms with Gasteiger partial charge in [-0.05, 0) is 30.3 Å². The number of carboxylic acid groups (broad SMARTS) is 1. The molecular formula is C15H10FNO3. The fourth-order valence-corrected chi connectivity index (χ4v) is 1.99. The number of hydrogen-bond donors (Lipinski definition) is 2. The predicted octanol–water partition coefficient (Wildman–Crippen LogP) is 3.80. The minimum Gasteiger partial charge on any atom is -0.477 e. The lowest BCUT2D eigenvalue weighted by Crippen LogP contribution is -1.94. The Morgan fingerprint density at radius 3 is 2.70 bits per heavy atom. The third-order valence-corrected chi connectivity index (χ3v) is 2.88. The molecule has 0 aliphatic heterocycles.